The summed E-state index contributed by atoms with van der Waals surface area (Å²) in [5.74, 6) is 0. The number of nitrogens with zero attached hydrogens (tertiary/aromatic N) is 1. The minimum atomic E-state index is 0.781. The molecule has 0 amide bonds. The molecule has 0 fully saturated rings. The van der Waals surface area contributed by atoms with Gasteiger partial charge in [0.2, 0.25) is 0 Å². The Morgan fingerprint density at radius 2 is 1.61 bits per heavy atom. The van der Waals surface area contributed by atoms with Crippen LogP contribution in [0.5, 0.6) is 0 Å². The zero-order valence-electron chi connectivity index (χ0n) is 9.71. The van der Waals surface area contributed by atoms with Crippen molar-refractivity contribution in [1.29, 1.82) is 0 Å². The molecule has 0 aliphatic rings. The normalized spacial score (nSPS) is 11.1. The van der Waals surface area contributed by atoms with Crippen molar-refractivity contribution in [2.45, 2.75) is 0 Å². The van der Waals surface area contributed by atoms with Crippen LogP contribution in [-0.4, -0.2) is 5.71 Å². The summed E-state index contributed by atoms with van der Waals surface area (Å²) >= 11 is 3.42. The van der Waals surface area contributed by atoms with Gasteiger partial charge in [0.05, 0.1) is 0 Å². The van der Waals surface area contributed by atoms with Gasteiger partial charge in [-0.3, -0.25) is 0 Å². The van der Waals surface area contributed by atoms with Gasteiger partial charge in [0, 0.05) is 15.6 Å². The molecule has 90 valence electrons. The fraction of sp³-hybridized carbons (Fsp3) is 0. The van der Waals surface area contributed by atoms with E-state index in [2.05, 4.69) is 27.7 Å². The molecule has 0 aromatic heterocycles. The van der Waals surface area contributed by atoms with Gasteiger partial charge >= 0.3 is 0 Å². The van der Waals surface area contributed by atoms with Crippen molar-refractivity contribution in [3.8, 4) is 0 Å². The molecule has 2 nitrogen and oxygen atoms in total. The lowest BCUT2D eigenvalue weighted by molar-refractivity contribution is 0.270. The summed E-state index contributed by atoms with van der Waals surface area (Å²) in [4.78, 5) is 4.97. The van der Waals surface area contributed by atoms with Crippen molar-refractivity contribution in [3.63, 3.8) is 0 Å². The predicted molar refractivity (Wildman–Crippen MR) is 77.5 cm³/mol. The van der Waals surface area contributed by atoms with Crippen LogP contribution < -0.4 is 0 Å². The van der Waals surface area contributed by atoms with E-state index in [1.54, 1.807) is 0 Å². The fourth-order valence-electron chi connectivity index (χ4n) is 1.57. The van der Waals surface area contributed by atoms with Gasteiger partial charge in [0.25, 0.3) is 0 Å². The van der Waals surface area contributed by atoms with Gasteiger partial charge in [0.15, 0.2) is 0 Å². The van der Waals surface area contributed by atoms with Crippen LogP contribution in [0.1, 0.15) is 11.1 Å². The number of benzene rings is 2. The largest absolute Gasteiger partial charge is 0.365 e. The quantitative estimate of drug-likeness (QED) is 0.467. The maximum Gasteiger partial charge on any atom is 0.117 e. The van der Waals surface area contributed by atoms with Crippen molar-refractivity contribution < 1.29 is 4.84 Å². The fourth-order valence-corrected chi connectivity index (χ4v) is 1.83. The first kappa shape index (κ1) is 12.6. The molecule has 0 aliphatic carbocycles. The van der Waals surface area contributed by atoms with Crippen molar-refractivity contribution >= 4 is 21.6 Å². The van der Waals surface area contributed by atoms with Crippen molar-refractivity contribution in [2.75, 3.05) is 0 Å². The second kappa shape index (κ2) is 6.17. The summed E-state index contributed by atoms with van der Waals surface area (Å²) in [6, 6.07) is 17.8. The molecule has 0 saturated carbocycles. The summed E-state index contributed by atoms with van der Waals surface area (Å²) in [5, 5.41) is 4.10. The molecule has 18 heavy (non-hydrogen) atoms. The van der Waals surface area contributed by atoms with E-state index in [0.717, 1.165) is 21.3 Å². The summed E-state index contributed by atoms with van der Waals surface area (Å²) in [6.45, 7) is 3.50. The van der Waals surface area contributed by atoms with E-state index in [1.165, 1.54) is 6.26 Å². The number of rotatable bonds is 4. The molecule has 3 heteroatoms. The van der Waals surface area contributed by atoms with Crippen LogP contribution >= 0.6 is 15.9 Å². The SMILES string of the molecule is C=CO/N=C(\c1ccccc1)c1ccc(Br)cc1. The minimum Gasteiger partial charge on any atom is -0.365 e. The molecule has 0 heterocycles. The smallest absolute Gasteiger partial charge is 0.117 e. The van der Waals surface area contributed by atoms with Gasteiger partial charge in [-0.25, -0.2) is 0 Å². The predicted octanol–water partition coefficient (Wildman–Crippen LogP) is 4.36. The van der Waals surface area contributed by atoms with Gasteiger partial charge in [-0.15, -0.1) is 0 Å². The molecule has 0 N–H and O–H groups in total. The van der Waals surface area contributed by atoms with Crippen molar-refractivity contribution in [3.05, 3.63) is 83.0 Å². The molecular weight excluding hydrogens is 290 g/mol. The lowest BCUT2D eigenvalue weighted by Gasteiger charge is -2.06. The second-order valence-electron chi connectivity index (χ2n) is 3.58. The Hall–Kier alpha value is -1.87. The van der Waals surface area contributed by atoms with E-state index in [9.17, 15) is 0 Å². The molecule has 2 aromatic carbocycles. The number of hydrogen-bond acceptors (Lipinski definition) is 2. The lowest BCUT2D eigenvalue weighted by Crippen LogP contribution is -2.03. The monoisotopic (exact) mass is 301 g/mol. The second-order valence-corrected chi connectivity index (χ2v) is 4.50. The minimum absolute atomic E-state index is 0.781. The highest BCUT2D eigenvalue weighted by Gasteiger charge is 2.07. The van der Waals surface area contributed by atoms with E-state index in [-0.39, 0.29) is 0 Å². The van der Waals surface area contributed by atoms with Crippen molar-refractivity contribution in [2.24, 2.45) is 5.16 Å². The van der Waals surface area contributed by atoms with E-state index >= 15 is 0 Å². The number of hydrogen-bond donors (Lipinski definition) is 0. The first-order chi connectivity index (χ1) is 8.81. The standard InChI is InChI=1S/C15H12BrNO/c1-2-18-17-15(12-6-4-3-5-7-12)13-8-10-14(16)11-9-13/h2-11H,1H2/b17-15+. The summed E-state index contributed by atoms with van der Waals surface area (Å²) < 4.78 is 1.03. The Morgan fingerprint density at radius 1 is 1.00 bits per heavy atom. The highest BCUT2D eigenvalue weighted by Crippen LogP contribution is 2.15. The zero-order chi connectivity index (χ0) is 12.8. The van der Waals surface area contributed by atoms with Gasteiger partial charge in [-0.2, -0.15) is 0 Å². The zero-order valence-corrected chi connectivity index (χ0v) is 11.3. The van der Waals surface area contributed by atoms with Crippen LogP contribution in [0, 0.1) is 0 Å². The van der Waals surface area contributed by atoms with Gasteiger partial charge < -0.3 is 4.84 Å². The highest BCUT2D eigenvalue weighted by molar-refractivity contribution is 9.10. The van der Waals surface area contributed by atoms with Crippen LogP contribution in [0.15, 0.2) is 77.1 Å². The van der Waals surface area contributed by atoms with Crippen molar-refractivity contribution in [1.82, 2.24) is 0 Å². The Labute approximate surface area is 115 Å². The third-order valence-corrected chi connectivity index (χ3v) is 2.91. The number of halogens is 1. The Kier molecular flexibility index (Phi) is 4.31. The van der Waals surface area contributed by atoms with E-state index in [0.29, 0.717) is 0 Å². The van der Waals surface area contributed by atoms with E-state index in [1.807, 2.05) is 54.6 Å². The van der Waals surface area contributed by atoms with Crippen LogP contribution in [0.3, 0.4) is 0 Å². The van der Waals surface area contributed by atoms with E-state index < -0.39 is 0 Å². The highest BCUT2D eigenvalue weighted by atomic mass is 79.9. The van der Waals surface area contributed by atoms with Gasteiger partial charge in [0.1, 0.15) is 12.0 Å². The molecule has 0 saturated heterocycles. The first-order valence-corrected chi connectivity index (χ1v) is 6.26. The molecule has 0 aliphatic heterocycles. The molecule has 2 aromatic rings. The third-order valence-electron chi connectivity index (χ3n) is 2.38. The molecule has 0 atom stereocenters. The maximum atomic E-state index is 4.97. The van der Waals surface area contributed by atoms with Gasteiger partial charge in [-0.1, -0.05) is 70.1 Å². The summed E-state index contributed by atoms with van der Waals surface area (Å²) in [5.41, 5.74) is 2.77. The average molecular weight is 302 g/mol. The molecular formula is C15H12BrNO. The Balaban J connectivity index is 2.43. The first-order valence-electron chi connectivity index (χ1n) is 5.47. The molecule has 0 spiro atoms. The van der Waals surface area contributed by atoms with Gasteiger partial charge in [-0.05, 0) is 12.1 Å². The topological polar surface area (TPSA) is 21.6 Å². The van der Waals surface area contributed by atoms with E-state index in [4.69, 9.17) is 4.84 Å². The van der Waals surface area contributed by atoms with Crippen LogP contribution in [0.4, 0.5) is 0 Å². The average Bonchev–Trinajstić information content (AvgIpc) is 2.42. The molecule has 2 rings (SSSR count). The Bertz CT molecular complexity index is 546. The number of oxime groups is 1. The molecule has 0 radical (unpaired) electrons. The van der Waals surface area contributed by atoms with Crippen LogP contribution in [-0.2, 0) is 4.84 Å². The van der Waals surface area contributed by atoms with Crippen LogP contribution in [0.25, 0.3) is 0 Å². The molecule has 0 bridgehead atoms. The maximum absolute atomic E-state index is 4.97. The van der Waals surface area contributed by atoms with Crippen LogP contribution in [0.2, 0.25) is 0 Å². The summed E-state index contributed by atoms with van der Waals surface area (Å²) in [6.07, 6.45) is 1.31. The third kappa shape index (κ3) is 3.08. The summed E-state index contributed by atoms with van der Waals surface area (Å²) in [7, 11) is 0. The molecule has 0 unspecified atom stereocenters. The Morgan fingerprint density at radius 3 is 2.22 bits per heavy atom. The lowest BCUT2D eigenvalue weighted by atomic mass is 10.0.